The monoisotopic (exact) mass is 402 g/mol. The maximum atomic E-state index is 13.1. The van der Waals surface area contributed by atoms with Crippen molar-refractivity contribution in [3.8, 4) is 0 Å². The molecule has 0 unspecified atom stereocenters. The Morgan fingerprint density at radius 1 is 1.27 bits per heavy atom. The predicted molar refractivity (Wildman–Crippen MR) is 99.8 cm³/mol. The van der Waals surface area contributed by atoms with Crippen molar-refractivity contribution in [2.24, 2.45) is 5.92 Å². The average Bonchev–Trinajstić information content (AvgIpc) is 2.90. The molecule has 1 saturated heterocycles. The van der Waals surface area contributed by atoms with Crippen molar-refractivity contribution < 1.29 is 21.6 Å². The van der Waals surface area contributed by atoms with E-state index in [9.17, 15) is 21.6 Å². The summed E-state index contributed by atoms with van der Waals surface area (Å²) in [5, 5.41) is 2.66. The number of benzene rings is 1. The Morgan fingerprint density at radius 3 is 2.35 bits per heavy atom. The number of sulfonamides is 1. The number of amides is 1. The molecule has 1 fully saturated rings. The number of carbonyl (C=O) groups excluding carboxylic acids is 1. The Morgan fingerprint density at radius 2 is 1.88 bits per heavy atom. The molecule has 1 atom stereocenters. The second kappa shape index (κ2) is 8.06. The van der Waals surface area contributed by atoms with Crippen molar-refractivity contribution >= 4 is 25.8 Å². The lowest BCUT2D eigenvalue weighted by Gasteiger charge is -2.29. The molecule has 1 amide bonds. The zero-order chi connectivity index (χ0) is 19.5. The van der Waals surface area contributed by atoms with Crippen LogP contribution in [0, 0.1) is 5.92 Å². The first kappa shape index (κ1) is 20.9. The van der Waals surface area contributed by atoms with Crippen molar-refractivity contribution in [2.75, 3.05) is 18.1 Å². The summed E-state index contributed by atoms with van der Waals surface area (Å²) >= 11 is 0. The molecule has 0 bridgehead atoms. The van der Waals surface area contributed by atoms with Gasteiger partial charge in [0.25, 0.3) is 0 Å². The summed E-state index contributed by atoms with van der Waals surface area (Å²) in [6.07, 6.45) is 0.328. The third kappa shape index (κ3) is 5.28. The van der Waals surface area contributed by atoms with E-state index < -0.39 is 25.9 Å². The smallest absolute Gasteiger partial charge is 0.243 e. The van der Waals surface area contributed by atoms with E-state index in [1.165, 1.54) is 23.4 Å². The topological polar surface area (TPSA) is 101 Å². The summed E-state index contributed by atoms with van der Waals surface area (Å²) < 4.78 is 51.2. The number of rotatable bonds is 7. The van der Waals surface area contributed by atoms with Gasteiger partial charge in [-0.05, 0) is 30.0 Å². The third-order valence-electron chi connectivity index (χ3n) is 4.23. The van der Waals surface area contributed by atoms with E-state index in [2.05, 4.69) is 5.32 Å². The summed E-state index contributed by atoms with van der Waals surface area (Å²) in [4.78, 5) is 11.1. The minimum absolute atomic E-state index is 0.0252. The molecule has 7 nitrogen and oxygen atoms in total. The van der Waals surface area contributed by atoms with Crippen LogP contribution < -0.4 is 5.32 Å². The minimum atomic E-state index is -3.80. The lowest BCUT2D eigenvalue weighted by atomic mass is 10.2. The third-order valence-corrected chi connectivity index (χ3v) is 7.92. The molecule has 1 aliphatic heterocycles. The molecule has 1 aromatic rings. The second-order valence-corrected chi connectivity index (χ2v) is 11.2. The predicted octanol–water partition coefficient (Wildman–Crippen LogP) is 1.16. The van der Waals surface area contributed by atoms with Crippen molar-refractivity contribution in [3.63, 3.8) is 0 Å². The van der Waals surface area contributed by atoms with Crippen molar-refractivity contribution in [3.05, 3.63) is 29.8 Å². The highest BCUT2D eigenvalue weighted by Gasteiger charge is 2.38. The molecule has 146 valence electrons. The molecule has 9 heteroatoms. The Kier molecular flexibility index (Phi) is 6.46. The van der Waals surface area contributed by atoms with Crippen LogP contribution in [0.15, 0.2) is 29.2 Å². The largest absolute Gasteiger partial charge is 0.352 e. The van der Waals surface area contributed by atoms with Gasteiger partial charge in [-0.3, -0.25) is 4.79 Å². The molecule has 0 aliphatic carbocycles. The van der Waals surface area contributed by atoms with Crippen LogP contribution in [0.3, 0.4) is 0 Å². The molecule has 1 N–H and O–H groups in total. The summed E-state index contributed by atoms with van der Waals surface area (Å²) in [5.41, 5.74) is 0.790. The van der Waals surface area contributed by atoms with E-state index in [1.807, 2.05) is 13.8 Å². The highest BCUT2D eigenvalue weighted by molar-refractivity contribution is 7.92. The normalized spacial score (nSPS) is 19.8. The quantitative estimate of drug-likeness (QED) is 0.737. The molecule has 0 aromatic heterocycles. The highest BCUT2D eigenvalue weighted by Crippen LogP contribution is 2.26. The molecule has 0 radical (unpaired) electrons. The highest BCUT2D eigenvalue weighted by atomic mass is 32.2. The molecule has 0 saturated carbocycles. The Balaban J connectivity index is 2.27. The fourth-order valence-electron chi connectivity index (χ4n) is 2.95. The number of sulfone groups is 1. The SMILES string of the molecule is CC(=O)NCc1ccc(S(=O)(=O)N(CC(C)C)[C@@H]2CCS(=O)(=O)C2)cc1. The Labute approximate surface area is 155 Å². The van der Waals surface area contributed by atoms with E-state index in [4.69, 9.17) is 0 Å². The molecule has 26 heavy (non-hydrogen) atoms. The maximum Gasteiger partial charge on any atom is 0.243 e. The lowest BCUT2D eigenvalue weighted by molar-refractivity contribution is -0.119. The van der Waals surface area contributed by atoms with Gasteiger partial charge in [-0.25, -0.2) is 16.8 Å². The summed E-state index contributed by atoms with van der Waals surface area (Å²) in [6, 6.07) is 5.79. The first-order chi connectivity index (χ1) is 12.0. The number of hydrogen-bond acceptors (Lipinski definition) is 5. The van der Waals surface area contributed by atoms with Gasteiger partial charge in [0.15, 0.2) is 9.84 Å². The van der Waals surface area contributed by atoms with Gasteiger partial charge < -0.3 is 5.32 Å². The molecule has 1 aliphatic rings. The van der Waals surface area contributed by atoms with Crippen molar-refractivity contribution in [1.29, 1.82) is 0 Å². The Hall–Kier alpha value is -1.45. The van der Waals surface area contributed by atoms with E-state index in [0.29, 0.717) is 13.0 Å². The van der Waals surface area contributed by atoms with Gasteiger partial charge in [0, 0.05) is 26.1 Å². The molecule has 1 aromatic carbocycles. The van der Waals surface area contributed by atoms with Gasteiger partial charge in [-0.2, -0.15) is 4.31 Å². The number of carbonyl (C=O) groups is 1. The van der Waals surface area contributed by atoms with Gasteiger partial charge in [-0.15, -0.1) is 0 Å². The fraction of sp³-hybridized carbons (Fsp3) is 0.588. The maximum absolute atomic E-state index is 13.1. The first-order valence-electron chi connectivity index (χ1n) is 8.57. The van der Waals surface area contributed by atoms with Crippen LogP contribution in [-0.2, 0) is 31.2 Å². The zero-order valence-corrected chi connectivity index (χ0v) is 16.9. The van der Waals surface area contributed by atoms with Gasteiger partial charge in [-0.1, -0.05) is 26.0 Å². The lowest BCUT2D eigenvalue weighted by Crippen LogP contribution is -2.43. The summed E-state index contributed by atoms with van der Waals surface area (Å²) in [7, 11) is -6.98. The van der Waals surface area contributed by atoms with Crippen LogP contribution in [0.1, 0.15) is 32.8 Å². The first-order valence-corrected chi connectivity index (χ1v) is 11.8. The standard InChI is InChI=1S/C17H26N2O5S2/c1-13(2)11-19(16-8-9-25(21,22)12-16)26(23,24)17-6-4-15(5-7-17)10-18-14(3)20/h4-7,13,16H,8-12H2,1-3H3,(H,18,20)/t16-/m1/s1. The zero-order valence-electron chi connectivity index (χ0n) is 15.3. The number of nitrogens with one attached hydrogen (secondary N) is 1. The van der Waals surface area contributed by atoms with Crippen LogP contribution in [-0.4, -0.2) is 51.1 Å². The number of nitrogens with zero attached hydrogens (tertiary/aromatic N) is 1. The molecule has 2 rings (SSSR count). The summed E-state index contributed by atoms with van der Waals surface area (Å²) in [5.74, 6) is -0.184. The van der Waals surface area contributed by atoms with E-state index >= 15 is 0 Å². The van der Waals surface area contributed by atoms with Crippen LogP contribution in [0.25, 0.3) is 0 Å². The molecular weight excluding hydrogens is 376 g/mol. The minimum Gasteiger partial charge on any atom is -0.352 e. The summed E-state index contributed by atoms with van der Waals surface area (Å²) in [6.45, 7) is 5.83. The van der Waals surface area contributed by atoms with Crippen LogP contribution in [0.2, 0.25) is 0 Å². The second-order valence-electron chi connectivity index (χ2n) is 7.08. The van der Waals surface area contributed by atoms with Gasteiger partial charge in [0.2, 0.25) is 15.9 Å². The van der Waals surface area contributed by atoms with Gasteiger partial charge >= 0.3 is 0 Å². The van der Waals surface area contributed by atoms with Crippen molar-refractivity contribution in [1.82, 2.24) is 9.62 Å². The van der Waals surface area contributed by atoms with E-state index in [-0.39, 0.29) is 34.8 Å². The van der Waals surface area contributed by atoms with Crippen LogP contribution in [0.4, 0.5) is 0 Å². The van der Waals surface area contributed by atoms with Crippen LogP contribution >= 0.6 is 0 Å². The molecular formula is C17H26N2O5S2. The van der Waals surface area contributed by atoms with Crippen molar-refractivity contribution in [2.45, 2.75) is 44.7 Å². The Bertz CT molecular complexity index is 846. The average molecular weight is 403 g/mol. The molecule has 1 heterocycles. The van der Waals surface area contributed by atoms with E-state index in [0.717, 1.165) is 5.56 Å². The van der Waals surface area contributed by atoms with E-state index in [1.54, 1.807) is 12.1 Å². The van der Waals surface area contributed by atoms with Gasteiger partial charge in [0.1, 0.15) is 0 Å². The number of hydrogen-bond donors (Lipinski definition) is 1. The fourth-order valence-corrected chi connectivity index (χ4v) is 6.59. The molecule has 0 spiro atoms. The van der Waals surface area contributed by atoms with Crippen LogP contribution in [0.5, 0.6) is 0 Å². The van der Waals surface area contributed by atoms with Gasteiger partial charge in [0.05, 0.1) is 16.4 Å².